The van der Waals surface area contributed by atoms with Crippen LogP contribution < -0.4 is 10.1 Å². The Labute approximate surface area is 204 Å². The lowest BCUT2D eigenvalue weighted by molar-refractivity contribution is 0.0992. The summed E-state index contributed by atoms with van der Waals surface area (Å²) in [6.45, 7) is 6.75. The highest BCUT2D eigenvalue weighted by atomic mass is 35.5. The van der Waals surface area contributed by atoms with Crippen molar-refractivity contribution in [1.82, 2.24) is 9.78 Å². The number of nitrogens with one attached hydrogen (secondary N) is 1. The molecule has 176 valence electrons. The van der Waals surface area contributed by atoms with E-state index in [1.54, 1.807) is 12.1 Å². The van der Waals surface area contributed by atoms with Gasteiger partial charge in [-0.25, -0.2) is 0 Å². The number of amides is 1. The van der Waals surface area contributed by atoms with Crippen LogP contribution in [0.25, 0.3) is 0 Å². The van der Waals surface area contributed by atoms with E-state index in [0.717, 1.165) is 35.5 Å². The summed E-state index contributed by atoms with van der Waals surface area (Å²) in [5.74, 6) is 1.23. The third kappa shape index (κ3) is 5.69. The molecule has 4 aromatic rings. The van der Waals surface area contributed by atoms with Crippen LogP contribution in [0, 0.1) is 13.8 Å². The van der Waals surface area contributed by atoms with Gasteiger partial charge in [-0.1, -0.05) is 49.2 Å². The molecule has 0 spiro atoms. The Balaban J connectivity index is 1.38. The van der Waals surface area contributed by atoms with Crippen molar-refractivity contribution in [2.75, 3.05) is 5.32 Å². The minimum absolute atomic E-state index is 0.221. The molecule has 4 rings (SSSR count). The normalized spacial score (nSPS) is 10.9. The van der Waals surface area contributed by atoms with Crippen molar-refractivity contribution < 1.29 is 13.9 Å². The van der Waals surface area contributed by atoms with Crippen LogP contribution >= 0.6 is 11.6 Å². The number of aromatic nitrogens is 2. The van der Waals surface area contributed by atoms with Crippen LogP contribution in [-0.4, -0.2) is 15.7 Å². The van der Waals surface area contributed by atoms with Gasteiger partial charge >= 0.3 is 0 Å². The molecular formula is C27H28ClN3O3. The van der Waals surface area contributed by atoms with E-state index in [9.17, 15) is 4.79 Å². The zero-order valence-corrected chi connectivity index (χ0v) is 20.4. The number of aryl methyl sites for hydroxylation is 2. The first-order valence-corrected chi connectivity index (χ1v) is 11.7. The molecule has 0 fully saturated rings. The van der Waals surface area contributed by atoms with Crippen LogP contribution in [0.15, 0.2) is 65.1 Å². The van der Waals surface area contributed by atoms with Crippen molar-refractivity contribution in [1.29, 1.82) is 0 Å². The van der Waals surface area contributed by atoms with E-state index in [4.69, 9.17) is 20.8 Å². The predicted octanol–water partition coefficient (Wildman–Crippen LogP) is 6.58. The molecule has 7 heteroatoms. The van der Waals surface area contributed by atoms with E-state index in [0.29, 0.717) is 23.0 Å². The summed E-state index contributed by atoms with van der Waals surface area (Å²) in [5, 5.41) is 8.19. The number of carbonyl (C=O) groups excluding carboxylic acids is 1. The summed E-state index contributed by atoms with van der Waals surface area (Å²) in [4.78, 5) is 12.8. The number of furan rings is 1. The fourth-order valence-corrected chi connectivity index (χ4v) is 4.00. The lowest BCUT2D eigenvalue weighted by Crippen LogP contribution is -2.12. The molecule has 2 aromatic heterocycles. The highest BCUT2D eigenvalue weighted by Gasteiger charge is 2.18. The molecule has 2 aromatic carbocycles. The number of benzene rings is 2. The van der Waals surface area contributed by atoms with Gasteiger partial charge in [0.2, 0.25) is 0 Å². The summed E-state index contributed by atoms with van der Waals surface area (Å²) < 4.78 is 13.4. The Hall–Kier alpha value is -3.51. The highest BCUT2D eigenvalue weighted by molar-refractivity contribution is 6.30. The molecule has 2 heterocycles. The average molecular weight is 478 g/mol. The maximum atomic E-state index is 12.8. The second-order valence-corrected chi connectivity index (χ2v) is 8.67. The third-order valence-corrected chi connectivity index (χ3v) is 5.81. The summed E-state index contributed by atoms with van der Waals surface area (Å²) in [6, 6.07) is 19.1. The van der Waals surface area contributed by atoms with Crippen LogP contribution in [0.5, 0.6) is 5.75 Å². The number of hydrogen-bond acceptors (Lipinski definition) is 4. The highest BCUT2D eigenvalue weighted by Crippen LogP contribution is 2.23. The number of ether oxygens (including phenoxy) is 1. The predicted molar refractivity (Wildman–Crippen MR) is 134 cm³/mol. The van der Waals surface area contributed by atoms with Gasteiger partial charge in [0.25, 0.3) is 5.91 Å². The van der Waals surface area contributed by atoms with E-state index in [-0.39, 0.29) is 18.3 Å². The molecule has 1 amide bonds. The molecular weight excluding hydrogens is 450 g/mol. The fraction of sp³-hybridized carbons (Fsp3) is 0.259. The first-order valence-electron chi connectivity index (χ1n) is 11.3. The number of halogens is 1. The van der Waals surface area contributed by atoms with E-state index in [1.165, 1.54) is 5.56 Å². The van der Waals surface area contributed by atoms with Gasteiger partial charge in [0.15, 0.2) is 5.76 Å². The van der Waals surface area contributed by atoms with Gasteiger partial charge in [-0.05, 0) is 67.8 Å². The molecule has 0 saturated carbocycles. The SMILES string of the molecule is CCCc1ccc(OCc2ccc(C(=O)Nc3c(C)nn(Cc4cccc(Cl)c4)c3C)o2)cc1. The molecule has 0 saturated heterocycles. The van der Waals surface area contributed by atoms with Gasteiger partial charge in [-0.3, -0.25) is 9.48 Å². The zero-order chi connectivity index (χ0) is 24.1. The molecule has 0 radical (unpaired) electrons. The molecule has 0 unspecified atom stereocenters. The Morgan fingerprint density at radius 1 is 1.09 bits per heavy atom. The first-order chi connectivity index (χ1) is 16.4. The second-order valence-electron chi connectivity index (χ2n) is 8.24. The summed E-state index contributed by atoms with van der Waals surface area (Å²) in [7, 11) is 0. The lowest BCUT2D eigenvalue weighted by Gasteiger charge is -2.07. The van der Waals surface area contributed by atoms with Crippen LogP contribution in [0.1, 0.15) is 52.2 Å². The van der Waals surface area contributed by atoms with E-state index in [2.05, 4.69) is 29.5 Å². The van der Waals surface area contributed by atoms with Crippen LogP contribution in [0.4, 0.5) is 5.69 Å². The van der Waals surface area contributed by atoms with Gasteiger partial charge in [0.1, 0.15) is 18.1 Å². The smallest absolute Gasteiger partial charge is 0.291 e. The van der Waals surface area contributed by atoms with Crippen molar-refractivity contribution >= 4 is 23.2 Å². The average Bonchev–Trinajstić information content (AvgIpc) is 3.39. The van der Waals surface area contributed by atoms with Crippen LogP contribution in [0.3, 0.4) is 0 Å². The van der Waals surface area contributed by atoms with Gasteiger partial charge in [-0.2, -0.15) is 5.10 Å². The monoisotopic (exact) mass is 477 g/mol. The maximum Gasteiger partial charge on any atom is 0.291 e. The van der Waals surface area contributed by atoms with Crippen molar-refractivity contribution in [2.45, 2.75) is 46.8 Å². The molecule has 0 aliphatic carbocycles. The number of nitrogens with zero attached hydrogens (tertiary/aromatic N) is 2. The minimum atomic E-state index is -0.330. The summed E-state index contributed by atoms with van der Waals surface area (Å²) in [5.41, 5.74) is 4.58. The van der Waals surface area contributed by atoms with Crippen LogP contribution in [0.2, 0.25) is 5.02 Å². The van der Waals surface area contributed by atoms with Crippen molar-refractivity contribution in [3.8, 4) is 5.75 Å². The third-order valence-electron chi connectivity index (χ3n) is 5.57. The maximum absolute atomic E-state index is 12.8. The Bertz CT molecular complexity index is 1270. The number of hydrogen-bond donors (Lipinski definition) is 1. The molecule has 34 heavy (non-hydrogen) atoms. The quantitative estimate of drug-likeness (QED) is 0.295. The van der Waals surface area contributed by atoms with Crippen molar-refractivity contribution in [3.63, 3.8) is 0 Å². The first kappa shape index (κ1) is 23.6. The minimum Gasteiger partial charge on any atom is -0.486 e. The lowest BCUT2D eigenvalue weighted by atomic mass is 10.1. The van der Waals surface area contributed by atoms with Gasteiger partial charge in [0, 0.05) is 5.02 Å². The van der Waals surface area contributed by atoms with E-state index in [1.807, 2.05) is 54.9 Å². The van der Waals surface area contributed by atoms with E-state index < -0.39 is 0 Å². The topological polar surface area (TPSA) is 69.3 Å². The molecule has 0 aliphatic heterocycles. The van der Waals surface area contributed by atoms with Gasteiger partial charge in [0.05, 0.1) is 23.6 Å². The largest absolute Gasteiger partial charge is 0.486 e. The summed E-state index contributed by atoms with van der Waals surface area (Å²) in [6.07, 6.45) is 2.16. The molecule has 0 aliphatic rings. The van der Waals surface area contributed by atoms with Crippen molar-refractivity contribution in [2.24, 2.45) is 0 Å². The zero-order valence-electron chi connectivity index (χ0n) is 19.6. The number of carbonyl (C=O) groups is 1. The van der Waals surface area contributed by atoms with Crippen molar-refractivity contribution in [3.05, 3.63) is 99.7 Å². The fourth-order valence-electron chi connectivity index (χ4n) is 3.79. The standard InChI is InChI=1S/C27H28ClN3O3/c1-4-6-20-9-11-23(12-10-20)33-17-24-13-14-25(34-24)27(32)29-26-18(2)30-31(19(26)3)16-21-7-5-8-22(28)15-21/h5,7-15H,4,6,16-17H2,1-3H3,(H,29,32). The Kier molecular flexibility index (Phi) is 7.38. The molecule has 0 bridgehead atoms. The molecule has 0 atom stereocenters. The summed E-state index contributed by atoms with van der Waals surface area (Å²) >= 11 is 6.09. The van der Waals surface area contributed by atoms with Gasteiger partial charge in [-0.15, -0.1) is 0 Å². The molecule has 1 N–H and O–H groups in total. The second kappa shape index (κ2) is 10.6. The number of anilines is 1. The van der Waals surface area contributed by atoms with Gasteiger partial charge < -0.3 is 14.5 Å². The Morgan fingerprint density at radius 2 is 1.88 bits per heavy atom. The number of rotatable bonds is 9. The van der Waals surface area contributed by atoms with E-state index >= 15 is 0 Å². The molecule has 6 nitrogen and oxygen atoms in total. The Morgan fingerprint density at radius 3 is 2.62 bits per heavy atom. The van der Waals surface area contributed by atoms with Crippen LogP contribution in [-0.2, 0) is 19.6 Å².